The average Bonchev–Trinajstić information content (AvgIpc) is 2.79. The van der Waals surface area contributed by atoms with E-state index in [4.69, 9.17) is 4.74 Å². The Morgan fingerprint density at radius 1 is 1.07 bits per heavy atom. The average molecular weight is 399 g/mol. The Bertz CT molecular complexity index is 1210. The molecule has 30 heavy (non-hydrogen) atoms. The summed E-state index contributed by atoms with van der Waals surface area (Å²) < 4.78 is 4.82. The first-order chi connectivity index (χ1) is 14.6. The van der Waals surface area contributed by atoms with Crippen LogP contribution in [-0.2, 0) is 4.74 Å². The molecular formula is C24H21N3O3. The van der Waals surface area contributed by atoms with Gasteiger partial charge in [-0.3, -0.25) is 4.98 Å². The first-order valence-corrected chi connectivity index (χ1v) is 9.51. The number of nitrogens with one attached hydrogen (secondary N) is 1. The number of aryl methyl sites for hydroxylation is 1. The molecule has 4 rings (SSSR count). The van der Waals surface area contributed by atoms with Gasteiger partial charge in [-0.15, -0.1) is 0 Å². The highest BCUT2D eigenvalue weighted by atomic mass is 16.5. The molecule has 1 atom stereocenters. The zero-order chi connectivity index (χ0) is 21.1. The number of anilines is 1. The number of pyridine rings is 2. The lowest BCUT2D eigenvalue weighted by Gasteiger charge is -2.22. The summed E-state index contributed by atoms with van der Waals surface area (Å²) in [7, 11) is 1.35. The van der Waals surface area contributed by atoms with Crippen molar-refractivity contribution in [3.63, 3.8) is 0 Å². The molecule has 0 aliphatic rings. The van der Waals surface area contributed by atoms with Gasteiger partial charge in [0.05, 0.1) is 18.7 Å². The molecule has 0 aliphatic heterocycles. The molecule has 2 aromatic carbocycles. The Morgan fingerprint density at radius 2 is 1.83 bits per heavy atom. The predicted octanol–water partition coefficient (Wildman–Crippen LogP) is 4.63. The molecule has 0 saturated heterocycles. The van der Waals surface area contributed by atoms with Crippen molar-refractivity contribution in [1.82, 2.24) is 9.97 Å². The summed E-state index contributed by atoms with van der Waals surface area (Å²) in [5, 5.41) is 15.4. The first-order valence-electron chi connectivity index (χ1n) is 9.51. The molecule has 2 heterocycles. The fourth-order valence-corrected chi connectivity index (χ4v) is 3.44. The third-order valence-electron chi connectivity index (χ3n) is 4.95. The molecule has 0 bridgehead atoms. The molecule has 0 radical (unpaired) electrons. The molecule has 0 spiro atoms. The van der Waals surface area contributed by atoms with Crippen LogP contribution in [0.15, 0.2) is 73.1 Å². The van der Waals surface area contributed by atoms with Crippen LogP contribution in [0.4, 0.5) is 5.69 Å². The van der Waals surface area contributed by atoms with Crippen molar-refractivity contribution in [2.45, 2.75) is 13.0 Å². The second kappa shape index (κ2) is 8.21. The van der Waals surface area contributed by atoms with Crippen LogP contribution in [0.3, 0.4) is 0 Å². The van der Waals surface area contributed by atoms with E-state index in [-0.39, 0.29) is 11.8 Å². The van der Waals surface area contributed by atoms with Crippen LogP contribution in [-0.4, -0.2) is 28.2 Å². The number of carbonyl (C=O) groups excluding carboxylic acids is 1. The molecule has 0 fully saturated rings. The molecule has 4 aromatic rings. The van der Waals surface area contributed by atoms with Gasteiger partial charge in [0.2, 0.25) is 0 Å². The maximum absolute atomic E-state index is 11.9. The molecular weight excluding hydrogens is 378 g/mol. The Balaban J connectivity index is 1.82. The van der Waals surface area contributed by atoms with E-state index in [2.05, 4.69) is 15.3 Å². The lowest BCUT2D eigenvalue weighted by Crippen LogP contribution is -2.13. The number of rotatable bonds is 5. The number of methoxy groups -OCH3 is 1. The topological polar surface area (TPSA) is 84.3 Å². The third kappa shape index (κ3) is 3.80. The van der Waals surface area contributed by atoms with Crippen LogP contribution < -0.4 is 5.32 Å². The Kier molecular flexibility index (Phi) is 5.30. The summed E-state index contributed by atoms with van der Waals surface area (Å²) in [5.74, 6) is -0.290. The number of hydrogen-bond donors (Lipinski definition) is 2. The van der Waals surface area contributed by atoms with Crippen molar-refractivity contribution in [3.8, 4) is 5.75 Å². The number of benzene rings is 2. The lowest BCUT2D eigenvalue weighted by atomic mass is 9.96. The van der Waals surface area contributed by atoms with E-state index in [0.717, 1.165) is 22.3 Å². The van der Waals surface area contributed by atoms with Gasteiger partial charge in [-0.1, -0.05) is 24.3 Å². The molecule has 6 heteroatoms. The molecule has 2 N–H and O–H groups in total. The number of esters is 1. The number of hydrogen-bond acceptors (Lipinski definition) is 6. The minimum atomic E-state index is -0.410. The molecule has 2 aromatic heterocycles. The van der Waals surface area contributed by atoms with E-state index < -0.39 is 5.97 Å². The van der Waals surface area contributed by atoms with E-state index in [9.17, 15) is 9.90 Å². The predicted molar refractivity (Wildman–Crippen MR) is 116 cm³/mol. The number of ether oxygens (including phenoxy) is 1. The summed E-state index contributed by atoms with van der Waals surface area (Å²) >= 11 is 0. The van der Waals surface area contributed by atoms with E-state index in [0.29, 0.717) is 16.6 Å². The minimum absolute atomic E-state index is 0.120. The number of aromatic hydroxyl groups is 1. The van der Waals surface area contributed by atoms with Gasteiger partial charge in [-0.2, -0.15) is 0 Å². The van der Waals surface area contributed by atoms with Crippen LogP contribution in [0.5, 0.6) is 5.75 Å². The monoisotopic (exact) mass is 399 g/mol. The molecule has 150 valence electrons. The zero-order valence-electron chi connectivity index (χ0n) is 16.7. The van der Waals surface area contributed by atoms with Gasteiger partial charge in [0.15, 0.2) is 0 Å². The summed E-state index contributed by atoms with van der Waals surface area (Å²) in [6.07, 6.45) is 3.41. The molecule has 6 nitrogen and oxygen atoms in total. The highest BCUT2D eigenvalue weighted by molar-refractivity contribution is 5.90. The van der Waals surface area contributed by atoms with Crippen molar-refractivity contribution < 1.29 is 14.6 Å². The standard InChI is InChI=1S/C24H21N3O3/c1-15-6-7-16-8-9-20(23(28)22(16)26-15)21(17-10-12-25-13-11-17)27-19-5-3-4-18(14-19)24(29)30-2/h3-14,21,27-28H,1-2H3. The number of carbonyl (C=O) groups is 1. The molecule has 1 unspecified atom stereocenters. The van der Waals surface area contributed by atoms with E-state index in [1.54, 1.807) is 30.6 Å². The van der Waals surface area contributed by atoms with Gasteiger partial charge in [0.25, 0.3) is 0 Å². The van der Waals surface area contributed by atoms with Crippen molar-refractivity contribution in [2.75, 3.05) is 12.4 Å². The lowest BCUT2D eigenvalue weighted by molar-refractivity contribution is 0.0601. The normalized spacial score (nSPS) is 11.8. The number of phenolic OH excluding ortho intramolecular Hbond substituents is 1. The SMILES string of the molecule is COC(=O)c1cccc(NC(c2ccncc2)c2ccc3ccc(C)nc3c2O)c1. The van der Waals surface area contributed by atoms with Gasteiger partial charge in [0.1, 0.15) is 11.3 Å². The summed E-state index contributed by atoms with van der Waals surface area (Å²) in [4.78, 5) is 20.5. The van der Waals surface area contributed by atoms with E-state index >= 15 is 0 Å². The second-order valence-electron chi connectivity index (χ2n) is 6.96. The minimum Gasteiger partial charge on any atom is -0.505 e. The number of fused-ring (bicyclic) bond motifs is 1. The maximum Gasteiger partial charge on any atom is 0.337 e. The second-order valence-corrected chi connectivity index (χ2v) is 6.96. The number of phenols is 1. The Hall–Kier alpha value is -3.93. The maximum atomic E-state index is 11.9. The highest BCUT2D eigenvalue weighted by Gasteiger charge is 2.20. The van der Waals surface area contributed by atoms with Gasteiger partial charge >= 0.3 is 5.97 Å². The van der Waals surface area contributed by atoms with Crippen molar-refractivity contribution >= 4 is 22.6 Å². The van der Waals surface area contributed by atoms with Crippen LogP contribution >= 0.6 is 0 Å². The summed E-state index contributed by atoms with van der Waals surface area (Å²) in [6, 6.07) is 18.1. The van der Waals surface area contributed by atoms with Gasteiger partial charge < -0.3 is 15.2 Å². The van der Waals surface area contributed by atoms with Crippen molar-refractivity contribution in [3.05, 3.63) is 95.4 Å². The van der Waals surface area contributed by atoms with Crippen LogP contribution in [0, 0.1) is 6.92 Å². The van der Waals surface area contributed by atoms with E-state index in [1.807, 2.05) is 49.4 Å². The smallest absolute Gasteiger partial charge is 0.337 e. The number of aromatic nitrogens is 2. The van der Waals surface area contributed by atoms with Crippen LogP contribution in [0.1, 0.15) is 33.2 Å². The Labute approximate surface area is 174 Å². The fourth-order valence-electron chi connectivity index (χ4n) is 3.44. The third-order valence-corrected chi connectivity index (χ3v) is 4.95. The number of nitrogens with zero attached hydrogens (tertiary/aromatic N) is 2. The van der Waals surface area contributed by atoms with Gasteiger partial charge in [-0.25, -0.2) is 9.78 Å². The molecule has 0 aliphatic carbocycles. The molecule has 0 saturated carbocycles. The zero-order valence-corrected chi connectivity index (χ0v) is 16.7. The fraction of sp³-hybridized carbons (Fsp3) is 0.125. The first kappa shape index (κ1) is 19.4. The largest absolute Gasteiger partial charge is 0.505 e. The quantitative estimate of drug-likeness (QED) is 0.476. The Morgan fingerprint density at radius 3 is 2.60 bits per heavy atom. The van der Waals surface area contributed by atoms with Crippen molar-refractivity contribution in [2.24, 2.45) is 0 Å². The van der Waals surface area contributed by atoms with E-state index in [1.165, 1.54) is 7.11 Å². The molecule has 0 amide bonds. The van der Waals surface area contributed by atoms with Crippen LogP contribution in [0.25, 0.3) is 10.9 Å². The highest BCUT2D eigenvalue weighted by Crippen LogP contribution is 2.36. The van der Waals surface area contributed by atoms with Gasteiger partial charge in [-0.05, 0) is 48.9 Å². The van der Waals surface area contributed by atoms with Gasteiger partial charge in [0, 0.05) is 34.7 Å². The van der Waals surface area contributed by atoms with Crippen LogP contribution in [0.2, 0.25) is 0 Å². The summed E-state index contributed by atoms with van der Waals surface area (Å²) in [5.41, 5.74) is 4.13. The summed E-state index contributed by atoms with van der Waals surface area (Å²) in [6.45, 7) is 1.89. The van der Waals surface area contributed by atoms with Crippen molar-refractivity contribution in [1.29, 1.82) is 0 Å².